The van der Waals surface area contributed by atoms with Crippen molar-refractivity contribution in [2.24, 2.45) is 5.16 Å². The fraction of sp³-hybridized carbons (Fsp3) is 0.250. The van der Waals surface area contributed by atoms with Gasteiger partial charge in [0.15, 0.2) is 0 Å². The Morgan fingerprint density at radius 2 is 2.15 bits per heavy atom. The van der Waals surface area contributed by atoms with E-state index in [1.54, 1.807) is 12.1 Å². The number of fused-ring (bicyclic) bond motifs is 1. The fourth-order valence-corrected chi connectivity index (χ4v) is 3.25. The van der Waals surface area contributed by atoms with Gasteiger partial charge in [0, 0.05) is 18.5 Å². The molecule has 4 rings (SSSR count). The number of hydrogen-bond acceptors (Lipinski definition) is 4. The van der Waals surface area contributed by atoms with Gasteiger partial charge in [-0.1, -0.05) is 29.4 Å². The summed E-state index contributed by atoms with van der Waals surface area (Å²) in [5.41, 5.74) is 3.13. The predicted octanol–water partition coefficient (Wildman–Crippen LogP) is 3.00. The highest BCUT2D eigenvalue weighted by Crippen LogP contribution is 2.19. The normalized spacial score (nSPS) is 16.2. The highest BCUT2D eigenvalue weighted by molar-refractivity contribution is 6.04. The van der Waals surface area contributed by atoms with Crippen LogP contribution in [0.4, 0.5) is 4.39 Å². The van der Waals surface area contributed by atoms with Crippen LogP contribution in [0.2, 0.25) is 0 Å². The molecule has 0 unspecified atom stereocenters. The van der Waals surface area contributed by atoms with Gasteiger partial charge in [0.05, 0.1) is 23.3 Å². The first-order valence-corrected chi connectivity index (χ1v) is 8.86. The number of hydrogen-bond donors (Lipinski definition) is 1. The SMILES string of the molecule is CCn1c(CNC(=O)[C@H]2CC(c3cccc(F)c3)=NO2)nc2ccccc21. The van der Waals surface area contributed by atoms with E-state index in [2.05, 4.69) is 20.0 Å². The number of aromatic nitrogens is 2. The number of nitrogens with one attached hydrogen (secondary N) is 1. The second-order valence-electron chi connectivity index (χ2n) is 6.33. The van der Waals surface area contributed by atoms with Gasteiger partial charge in [-0.25, -0.2) is 9.37 Å². The molecule has 1 atom stereocenters. The van der Waals surface area contributed by atoms with Gasteiger partial charge in [-0.05, 0) is 31.2 Å². The van der Waals surface area contributed by atoms with Crippen LogP contribution in [0, 0.1) is 5.82 Å². The molecule has 0 radical (unpaired) electrons. The quantitative estimate of drug-likeness (QED) is 0.755. The number of oxime groups is 1. The smallest absolute Gasteiger partial charge is 0.264 e. The van der Waals surface area contributed by atoms with Gasteiger partial charge in [-0.15, -0.1) is 0 Å². The van der Waals surface area contributed by atoms with Gasteiger partial charge in [-0.3, -0.25) is 4.79 Å². The van der Waals surface area contributed by atoms with Crippen LogP contribution in [-0.2, 0) is 22.7 Å². The number of aryl methyl sites for hydroxylation is 1. The number of rotatable bonds is 5. The maximum absolute atomic E-state index is 13.4. The maximum Gasteiger partial charge on any atom is 0.264 e. The highest BCUT2D eigenvalue weighted by Gasteiger charge is 2.29. The third-order valence-corrected chi connectivity index (χ3v) is 4.59. The molecule has 0 bridgehead atoms. The topological polar surface area (TPSA) is 68.5 Å². The zero-order valence-electron chi connectivity index (χ0n) is 14.9. The lowest BCUT2D eigenvalue weighted by molar-refractivity contribution is -0.131. The minimum Gasteiger partial charge on any atom is -0.382 e. The van der Waals surface area contributed by atoms with Crippen molar-refractivity contribution in [1.29, 1.82) is 0 Å². The Hall–Kier alpha value is -3.22. The van der Waals surface area contributed by atoms with Gasteiger partial charge in [0.2, 0.25) is 6.10 Å². The van der Waals surface area contributed by atoms with Gasteiger partial charge in [0.1, 0.15) is 11.6 Å². The van der Waals surface area contributed by atoms with Crippen molar-refractivity contribution >= 4 is 22.7 Å². The molecular weight excluding hydrogens is 347 g/mol. The molecule has 0 spiro atoms. The van der Waals surface area contributed by atoms with Crippen molar-refractivity contribution in [3.8, 4) is 0 Å². The zero-order valence-corrected chi connectivity index (χ0v) is 14.9. The van der Waals surface area contributed by atoms with Crippen molar-refractivity contribution in [1.82, 2.24) is 14.9 Å². The summed E-state index contributed by atoms with van der Waals surface area (Å²) in [6, 6.07) is 14.0. The van der Waals surface area contributed by atoms with Gasteiger partial charge >= 0.3 is 0 Å². The van der Waals surface area contributed by atoms with Crippen LogP contribution in [0.3, 0.4) is 0 Å². The van der Waals surface area contributed by atoms with Crippen LogP contribution in [0.1, 0.15) is 24.7 Å². The third-order valence-electron chi connectivity index (χ3n) is 4.59. The maximum atomic E-state index is 13.4. The second kappa shape index (κ2) is 7.19. The molecule has 1 amide bonds. The van der Waals surface area contributed by atoms with E-state index < -0.39 is 6.10 Å². The third kappa shape index (κ3) is 3.40. The molecule has 1 aliphatic rings. The fourth-order valence-electron chi connectivity index (χ4n) is 3.25. The zero-order chi connectivity index (χ0) is 18.8. The molecule has 0 saturated carbocycles. The van der Waals surface area contributed by atoms with E-state index >= 15 is 0 Å². The second-order valence-corrected chi connectivity index (χ2v) is 6.33. The molecule has 2 aromatic carbocycles. The Morgan fingerprint density at radius 1 is 1.30 bits per heavy atom. The van der Waals surface area contributed by atoms with Crippen molar-refractivity contribution in [2.45, 2.75) is 32.5 Å². The molecule has 138 valence electrons. The summed E-state index contributed by atoms with van der Waals surface area (Å²) >= 11 is 0. The van der Waals surface area contributed by atoms with Crippen molar-refractivity contribution in [3.05, 3.63) is 65.7 Å². The first-order chi connectivity index (χ1) is 13.2. The molecule has 0 aliphatic carbocycles. The van der Waals surface area contributed by atoms with E-state index in [1.165, 1.54) is 12.1 Å². The lowest BCUT2D eigenvalue weighted by Gasteiger charge is -2.10. The summed E-state index contributed by atoms with van der Waals surface area (Å²) in [5, 5.41) is 6.81. The number of benzene rings is 2. The van der Waals surface area contributed by atoms with E-state index in [4.69, 9.17) is 4.84 Å². The number of para-hydroxylation sites is 2. The summed E-state index contributed by atoms with van der Waals surface area (Å²) in [5.74, 6) is 0.178. The molecule has 6 nitrogen and oxygen atoms in total. The van der Waals surface area contributed by atoms with E-state index in [0.29, 0.717) is 24.2 Å². The number of nitrogens with zero attached hydrogens (tertiary/aromatic N) is 3. The van der Waals surface area contributed by atoms with Crippen LogP contribution in [0.5, 0.6) is 0 Å². The number of halogens is 1. The van der Waals surface area contributed by atoms with E-state index in [-0.39, 0.29) is 11.7 Å². The monoisotopic (exact) mass is 366 g/mol. The van der Waals surface area contributed by atoms with Gasteiger partial charge in [-0.2, -0.15) is 0 Å². The molecule has 7 heteroatoms. The summed E-state index contributed by atoms with van der Waals surface area (Å²) < 4.78 is 15.4. The van der Waals surface area contributed by atoms with Crippen molar-refractivity contribution in [3.63, 3.8) is 0 Å². The molecule has 3 aromatic rings. The van der Waals surface area contributed by atoms with Crippen LogP contribution in [-0.4, -0.2) is 27.3 Å². The summed E-state index contributed by atoms with van der Waals surface area (Å²) in [6.45, 7) is 3.10. The van der Waals surface area contributed by atoms with Crippen LogP contribution in [0.25, 0.3) is 11.0 Å². The first kappa shape index (κ1) is 17.2. The number of carbonyl (C=O) groups excluding carboxylic acids is 1. The number of carbonyl (C=O) groups is 1. The van der Waals surface area contributed by atoms with E-state index in [9.17, 15) is 9.18 Å². The number of imidazole rings is 1. The Morgan fingerprint density at radius 3 is 2.96 bits per heavy atom. The van der Waals surface area contributed by atoms with Crippen molar-refractivity contribution in [2.75, 3.05) is 0 Å². The van der Waals surface area contributed by atoms with Gasteiger partial charge < -0.3 is 14.7 Å². The molecule has 1 aliphatic heterocycles. The van der Waals surface area contributed by atoms with Crippen LogP contribution < -0.4 is 5.32 Å². The molecule has 1 N–H and O–H groups in total. The van der Waals surface area contributed by atoms with E-state index in [0.717, 1.165) is 23.4 Å². The van der Waals surface area contributed by atoms with Crippen molar-refractivity contribution < 1.29 is 14.0 Å². The number of amides is 1. The summed E-state index contributed by atoms with van der Waals surface area (Å²) in [4.78, 5) is 22.3. The summed E-state index contributed by atoms with van der Waals surface area (Å²) in [7, 11) is 0. The molecule has 1 aromatic heterocycles. The average molecular weight is 366 g/mol. The molecular formula is C20H19FN4O2. The predicted molar refractivity (Wildman–Crippen MR) is 99.7 cm³/mol. The largest absolute Gasteiger partial charge is 0.382 e. The standard InChI is InChI=1S/C20H19FN4O2/c1-2-25-17-9-4-3-8-15(17)23-19(25)12-22-20(26)18-11-16(24-27-18)13-6-5-7-14(21)10-13/h3-10,18H,2,11-12H2,1H3,(H,22,26)/t18-/m1/s1. The highest BCUT2D eigenvalue weighted by atomic mass is 19.1. The van der Waals surface area contributed by atoms with Gasteiger partial charge in [0.25, 0.3) is 5.91 Å². The Bertz CT molecular complexity index is 1030. The Balaban J connectivity index is 1.41. The molecule has 0 fully saturated rings. The summed E-state index contributed by atoms with van der Waals surface area (Å²) in [6.07, 6.45) is -0.415. The molecule has 2 heterocycles. The van der Waals surface area contributed by atoms with Crippen LogP contribution in [0.15, 0.2) is 53.7 Å². The molecule has 0 saturated heterocycles. The Labute approximate surface area is 155 Å². The lowest BCUT2D eigenvalue weighted by Crippen LogP contribution is -2.35. The Kier molecular flexibility index (Phi) is 4.58. The van der Waals surface area contributed by atoms with E-state index in [1.807, 2.05) is 31.2 Å². The van der Waals surface area contributed by atoms with Crippen LogP contribution >= 0.6 is 0 Å². The minimum atomic E-state index is -0.720. The average Bonchev–Trinajstić information content (AvgIpc) is 3.30. The minimum absolute atomic E-state index is 0.264. The lowest BCUT2D eigenvalue weighted by atomic mass is 10.0. The molecule has 27 heavy (non-hydrogen) atoms. The first-order valence-electron chi connectivity index (χ1n) is 8.86.